The quantitative estimate of drug-likeness (QED) is 0.621. The van der Waals surface area contributed by atoms with E-state index in [9.17, 15) is 9.90 Å². The second-order valence-electron chi connectivity index (χ2n) is 6.02. The Hall–Kier alpha value is -2.61. The number of aromatic hydroxyl groups is 1. The number of aromatic amines is 1. The third kappa shape index (κ3) is 3.96. The maximum Gasteiger partial charge on any atom is 0.264 e. The molecule has 1 aromatic carbocycles. The van der Waals surface area contributed by atoms with Crippen LogP contribution in [0.2, 0.25) is 0 Å². The molecular weight excluding hydrogens is 352 g/mol. The molecule has 0 radical (unpaired) electrons. The highest BCUT2D eigenvalue weighted by Gasteiger charge is 2.14. The third-order valence-electron chi connectivity index (χ3n) is 4.21. The van der Waals surface area contributed by atoms with Crippen molar-refractivity contribution in [2.24, 2.45) is 5.10 Å². The summed E-state index contributed by atoms with van der Waals surface area (Å²) in [5.41, 5.74) is 0.244. The number of nitrogens with zero attached hydrogens (tertiary/aromatic N) is 3. The number of aromatic nitrogens is 2. The zero-order valence-corrected chi connectivity index (χ0v) is 15.5. The van der Waals surface area contributed by atoms with E-state index >= 15 is 0 Å². The molecule has 0 spiro atoms. The minimum atomic E-state index is -0.463. The minimum Gasteiger partial charge on any atom is -0.494 e. The second kappa shape index (κ2) is 8.18. The average molecular weight is 374 g/mol. The van der Waals surface area contributed by atoms with Gasteiger partial charge in [0, 0.05) is 13.1 Å². The predicted molar refractivity (Wildman–Crippen MR) is 103 cm³/mol. The van der Waals surface area contributed by atoms with Gasteiger partial charge in [0.25, 0.3) is 5.56 Å². The van der Waals surface area contributed by atoms with E-state index in [2.05, 4.69) is 10.1 Å². The van der Waals surface area contributed by atoms with Crippen LogP contribution >= 0.6 is 12.2 Å². The fourth-order valence-electron chi connectivity index (χ4n) is 2.88. The summed E-state index contributed by atoms with van der Waals surface area (Å²) >= 11 is 5.22. The molecule has 0 saturated carbocycles. The largest absolute Gasteiger partial charge is 0.494 e. The summed E-state index contributed by atoms with van der Waals surface area (Å²) in [6.07, 6.45) is 4.76. The van der Waals surface area contributed by atoms with Crippen LogP contribution < -0.4 is 10.3 Å². The molecule has 1 aliphatic heterocycles. The van der Waals surface area contributed by atoms with Crippen molar-refractivity contribution in [3.63, 3.8) is 0 Å². The maximum atomic E-state index is 12.2. The van der Waals surface area contributed by atoms with Crippen molar-refractivity contribution in [1.82, 2.24) is 14.6 Å². The summed E-state index contributed by atoms with van der Waals surface area (Å²) in [5, 5.41) is 16.9. The number of piperidine rings is 1. The Kier molecular flexibility index (Phi) is 5.72. The number of hydrogen-bond donors (Lipinski definition) is 2. The molecule has 1 aliphatic rings. The molecule has 26 heavy (non-hydrogen) atoms. The van der Waals surface area contributed by atoms with E-state index in [1.54, 1.807) is 24.3 Å². The van der Waals surface area contributed by atoms with Crippen molar-refractivity contribution in [2.75, 3.05) is 19.7 Å². The summed E-state index contributed by atoms with van der Waals surface area (Å²) in [6.45, 7) is 4.19. The normalized spacial score (nSPS) is 14.7. The van der Waals surface area contributed by atoms with E-state index in [1.807, 2.05) is 11.9 Å². The summed E-state index contributed by atoms with van der Waals surface area (Å²) in [6, 6.07) is 7.11. The number of nitrogens with one attached hydrogen (secondary N) is 1. The predicted octanol–water partition coefficient (Wildman–Crippen LogP) is 2.82. The van der Waals surface area contributed by atoms with E-state index in [0.717, 1.165) is 31.7 Å². The zero-order valence-electron chi connectivity index (χ0n) is 14.6. The van der Waals surface area contributed by atoms with Gasteiger partial charge in [-0.15, -0.1) is 0 Å². The molecule has 2 N–H and O–H groups in total. The lowest BCUT2D eigenvalue weighted by atomic mass is 10.2. The van der Waals surface area contributed by atoms with Gasteiger partial charge in [0.1, 0.15) is 11.3 Å². The van der Waals surface area contributed by atoms with Crippen molar-refractivity contribution >= 4 is 18.4 Å². The van der Waals surface area contributed by atoms with E-state index < -0.39 is 5.56 Å². The maximum absolute atomic E-state index is 12.2. The number of rotatable bonds is 5. The van der Waals surface area contributed by atoms with Gasteiger partial charge < -0.3 is 9.84 Å². The Labute approximate surface area is 156 Å². The molecule has 138 valence electrons. The molecule has 0 aliphatic carbocycles. The third-order valence-corrected chi connectivity index (χ3v) is 4.49. The summed E-state index contributed by atoms with van der Waals surface area (Å²) in [4.78, 5) is 14.8. The van der Waals surface area contributed by atoms with E-state index in [4.69, 9.17) is 17.0 Å². The van der Waals surface area contributed by atoms with Crippen molar-refractivity contribution in [3.8, 4) is 17.3 Å². The van der Waals surface area contributed by atoms with E-state index in [1.165, 1.54) is 17.2 Å². The van der Waals surface area contributed by atoms with Gasteiger partial charge in [0.2, 0.25) is 5.88 Å². The Balaban J connectivity index is 1.97. The molecular formula is C18H22N4O3S. The number of benzene rings is 1. The van der Waals surface area contributed by atoms with Gasteiger partial charge in [0.15, 0.2) is 4.77 Å². The molecule has 0 atom stereocenters. The smallest absolute Gasteiger partial charge is 0.264 e. The Morgan fingerprint density at radius 1 is 1.27 bits per heavy atom. The lowest BCUT2D eigenvalue weighted by molar-refractivity contribution is 0.240. The lowest BCUT2D eigenvalue weighted by Crippen LogP contribution is -2.25. The van der Waals surface area contributed by atoms with Crippen LogP contribution in [0.3, 0.4) is 0 Å². The number of ether oxygens (including phenoxy) is 1. The summed E-state index contributed by atoms with van der Waals surface area (Å²) < 4.78 is 6.95. The van der Waals surface area contributed by atoms with Gasteiger partial charge in [-0.25, -0.2) is 0 Å². The van der Waals surface area contributed by atoms with Crippen LogP contribution in [-0.4, -0.2) is 45.6 Å². The Morgan fingerprint density at radius 3 is 2.62 bits per heavy atom. The topological polar surface area (TPSA) is 82.8 Å². The van der Waals surface area contributed by atoms with Gasteiger partial charge in [0.05, 0.1) is 18.5 Å². The highest BCUT2D eigenvalue weighted by atomic mass is 32.1. The van der Waals surface area contributed by atoms with Crippen LogP contribution in [0.5, 0.6) is 11.6 Å². The standard InChI is InChI=1S/C18H22N4O3S/c1-2-25-14-8-6-13(7-9-14)22-17(24)15(16(23)20-18(22)26)12-19-21-10-4-3-5-11-21/h6-9,12,24H,2-5,10-11H2,1H3,(H,20,23,26)/b19-12+. The molecule has 1 saturated heterocycles. The molecule has 8 heteroatoms. The van der Waals surface area contributed by atoms with Gasteiger partial charge in [-0.2, -0.15) is 5.10 Å². The Morgan fingerprint density at radius 2 is 1.96 bits per heavy atom. The van der Waals surface area contributed by atoms with Crippen LogP contribution in [-0.2, 0) is 0 Å². The van der Waals surface area contributed by atoms with Crippen molar-refractivity contribution < 1.29 is 9.84 Å². The number of hydrazone groups is 1. The first kappa shape index (κ1) is 18.2. The molecule has 0 unspecified atom stereocenters. The van der Waals surface area contributed by atoms with Crippen molar-refractivity contribution in [3.05, 3.63) is 45.0 Å². The molecule has 0 amide bonds. The monoisotopic (exact) mass is 374 g/mol. The van der Waals surface area contributed by atoms with E-state index in [-0.39, 0.29) is 16.2 Å². The van der Waals surface area contributed by atoms with Crippen LogP contribution in [0.4, 0.5) is 0 Å². The van der Waals surface area contributed by atoms with Gasteiger partial charge in [-0.1, -0.05) is 0 Å². The van der Waals surface area contributed by atoms with Crippen molar-refractivity contribution in [2.45, 2.75) is 26.2 Å². The molecule has 7 nitrogen and oxygen atoms in total. The van der Waals surface area contributed by atoms with Gasteiger partial charge >= 0.3 is 0 Å². The van der Waals surface area contributed by atoms with E-state index in [0.29, 0.717) is 12.3 Å². The fourth-order valence-corrected chi connectivity index (χ4v) is 3.17. The second-order valence-corrected chi connectivity index (χ2v) is 6.40. The lowest BCUT2D eigenvalue weighted by Gasteiger charge is -2.23. The molecule has 2 aromatic rings. The first-order valence-electron chi connectivity index (χ1n) is 8.70. The zero-order chi connectivity index (χ0) is 18.5. The molecule has 3 rings (SSSR count). The fraction of sp³-hybridized carbons (Fsp3) is 0.389. The molecule has 1 aromatic heterocycles. The summed E-state index contributed by atoms with van der Waals surface area (Å²) in [7, 11) is 0. The average Bonchev–Trinajstić information content (AvgIpc) is 2.64. The highest BCUT2D eigenvalue weighted by molar-refractivity contribution is 7.71. The van der Waals surface area contributed by atoms with Crippen molar-refractivity contribution in [1.29, 1.82) is 0 Å². The first-order chi connectivity index (χ1) is 12.6. The van der Waals surface area contributed by atoms with Gasteiger partial charge in [-0.3, -0.25) is 19.4 Å². The molecule has 2 heterocycles. The highest BCUT2D eigenvalue weighted by Crippen LogP contribution is 2.21. The molecule has 1 fully saturated rings. The van der Waals surface area contributed by atoms with Crippen LogP contribution in [0.15, 0.2) is 34.2 Å². The summed E-state index contributed by atoms with van der Waals surface area (Å²) in [5.74, 6) is 0.488. The van der Waals surface area contributed by atoms with Crippen LogP contribution in [0, 0.1) is 4.77 Å². The van der Waals surface area contributed by atoms with Crippen LogP contribution in [0.25, 0.3) is 5.69 Å². The first-order valence-corrected chi connectivity index (χ1v) is 9.11. The van der Waals surface area contributed by atoms with Gasteiger partial charge in [-0.05, 0) is 62.7 Å². The number of hydrogen-bond acceptors (Lipinski definition) is 6. The van der Waals surface area contributed by atoms with Crippen LogP contribution in [0.1, 0.15) is 31.7 Å². The molecule has 0 bridgehead atoms. The minimum absolute atomic E-state index is 0.0815. The number of H-pyrrole nitrogens is 1. The SMILES string of the molecule is CCOc1ccc(-n2c(O)c(/C=N/N3CCCCC3)c(=O)[nH]c2=S)cc1. The Bertz CT molecular complexity index is 896.